The molecule has 1 atom stereocenters. The van der Waals surface area contributed by atoms with Gasteiger partial charge in [0.2, 0.25) is 0 Å². The number of carbonyl (C=O) groups excluding carboxylic acids is 1. The fraction of sp³-hybridized carbons (Fsp3) is 0.571. The lowest BCUT2D eigenvalue weighted by molar-refractivity contribution is 0.0778. The number of rotatable bonds is 4. The lowest BCUT2D eigenvalue weighted by atomic mass is 10.2. The van der Waals surface area contributed by atoms with Crippen LogP contribution in [0.15, 0.2) is 16.7 Å². The molecule has 1 fully saturated rings. The van der Waals surface area contributed by atoms with Crippen LogP contribution in [0.4, 0.5) is 5.82 Å². The zero-order chi connectivity index (χ0) is 14.7. The first kappa shape index (κ1) is 15.3. The molecule has 0 saturated carbocycles. The van der Waals surface area contributed by atoms with Gasteiger partial charge in [0, 0.05) is 29.8 Å². The van der Waals surface area contributed by atoms with E-state index in [1.165, 1.54) is 0 Å². The molecule has 0 aromatic carbocycles. The van der Waals surface area contributed by atoms with E-state index in [0.29, 0.717) is 17.4 Å². The van der Waals surface area contributed by atoms with E-state index < -0.39 is 0 Å². The highest BCUT2D eigenvalue weighted by atomic mass is 79.9. The van der Waals surface area contributed by atoms with E-state index in [1.807, 2.05) is 4.90 Å². The Kier molecular flexibility index (Phi) is 4.99. The smallest absolute Gasteiger partial charge is 0.257 e. The average Bonchev–Trinajstić information content (AvgIpc) is 2.92. The second-order valence-corrected chi connectivity index (χ2v) is 5.92. The zero-order valence-corrected chi connectivity index (χ0v) is 13.6. The van der Waals surface area contributed by atoms with Gasteiger partial charge in [-0.15, -0.1) is 0 Å². The maximum atomic E-state index is 12.5. The molecule has 1 aliphatic heterocycles. The van der Waals surface area contributed by atoms with Crippen molar-refractivity contribution >= 4 is 27.7 Å². The van der Waals surface area contributed by atoms with Gasteiger partial charge in [-0.2, -0.15) is 0 Å². The zero-order valence-electron chi connectivity index (χ0n) is 12.0. The molecule has 2 heterocycles. The van der Waals surface area contributed by atoms with Crippen molar-refractivity contribution in [1.29, 1.82) is 0 Å². The number of likely N-dealkylation sites (N-methyl/N-ethyl adjacent to an activating group) is 1. The molecule has 2 rings (SSSR count). The predicted molar refractivity (Wildman–Crippen MR) is 83.6 cm³/mol. The van der Waals surface area contributed by atoms with E-state index >= 15 is 0 Å². The number of pyridine rings is 1. The van der Waals surface area contributed by atoms with Crippen molar-refractivity contribution in [2.24, 2.45) is 0 Å². The Morgan fingerprint density at radius 1 is 1.55 bits per heavy atom. The van der Waals surface area contributed by atoms with E-state index in [9.17, 15) is 4.79 Å². The summed E-state index contributed by atoms with van der Waals surface area (Å²) in [5.74, 6) is 0.274. The SMILES string of the molecule is CCN(CC)C1CCN(C(=O)c2cc(Br)cnc2N)C1. The second kappa shape index (κ2) is 6.54. The van der Waals surface area contributed by atoms with Crippen LogP contribution in [0.1, 0.15) is 30.6 Å². The monoisotopic (exact) mass is 340 g/mol. The first-order valence-corrected chi connectivity index (χ1v) is 7.80. The van der Waals surface area contributed by atoms with E-state index in [4.69, 9.17) is 5.73 Å². The molecule has 0 radical (unpaired) electrons. The van der Waals surface area contributed by atoms with Crippen LogP contribution in [-0.2, 0) is 0 Å². The van der Waals surface area contributed by atoms with Crippen molar-refractivity contribution in [3.63, 3.8) is 0 Å². The highest BCUT2D eigenvalue weighted by Gasteiger charge is 2.30. The topological polar surface area (TPSA) is 62.5 Å². The van der Waals surface area contributed by atoms with Crippen molar-refractivity contribution < 1.29 is 4.79 Å². The van der Waals surface area contributed by atoms with Gasteiger partial charge in [0.05, 0.1) is 5.56 Å². The third-order valence-electron chi connectivity index (χ3n) is 3.89. The van der Waals surface area contributed by atoms with Gasteiger partial charge in [-0.1, -0.05) is 13.8 Å². The fourth-order valence-electron chi connectivity index (χ4n) is 2.76. The molecule has 1 unspecified atom stereocenters. The van der Waals surface area contributed by atoms with Crippen LogP contribution in [0.5, 0.6) is 0 Å². The number of anilines is 1. The Hall–Kier alpha value is -1.14. The van der Waals surface area contributed by atoms with Gasteiger partial charge in [-0.3, -0.25) is 9.69 Å². The lowest BCUT2D eigenvalue weighted by Gasteiger charge is -2.26. The van der Waals surface area contributed by atoms with Crippen molar-refractivity contribution in [2.75, 3.05) is 31.9 Å². The minimum Gasteiger partial charge on any atom is -0.383 e. The Bertz CT molecular complexity index is 490. The summed E-state index contributed by atoms with van der Waals surface area (Å²) in [5, 5.41) is 0. The standard InChI is InChI=1S/C14H21BrN4O/c1-3-18(4-2)11-5-6-19(9-11)14(20)12-7-10(15)8-17-13(12)16/h7-8,11H,3-6,9H2,1-2H3,(H2,16,17). The molecule has 1 aliphatic rings. The van der Waals surface area contributed by atoms with Gasteiger partial charge in [0.15, 0.2) is 0 Å². The fourth-order valence-corrected chi connectivity index (χ4v) is 3.09. The minimum absolute atomic E-state index is 0.0223. The Morgan fingerprint density at radius 3 is 2.90 bits per heavy atom. The van der Waals surface area contributed by atoms with Crippen LogP contribution in [0.25, 0.3) is 0 Å². The van der Waals surface area contributed by atoms with Gasteiger partial charge < -0.3 is 10.6 Å². The normalized spacial score (nSPS) is 18.8. The van der Waals surface area contributed by atoms with E-state index in [1.54, 1.807) is 12.3 Å². The third kappa shape index (κ3) is 3.12. The van der Waals surface area contributed by atoms with Crippen molar-refractivity contribution in [1.82, 2.24) is 14.8 Å². The highest BCUT2D eigenvalue weighted by Crippen LogP contribution is 2.22. The predicted octanol–water partition coefficient (Wildman–Crippen LogP) is 1.98. The van der Waals surface area contributed by atoms with E-state index in [2.05, 4.69) is 39.7 Å². The van der Waals surface area contributed by atoms with Crippen LogP contribution >= 0.6 is 15.9 Å². The highest BCUT2D eigenvalue weighted by molar-refractivity contribution is 9.10. The number of nitrogens with zero attached hydrogens (tertiary/aromatic N) is 3. The number of aromatic nitrogens is 1. The Labute approximate surface area is 128 Å². The molecular weight excluding hydrogens is 320 g/mol. The molecule has 2 N–H and O–H groups in total. The van der Waals surface area contributed by atoms with Crippen LogP contribution in [0.2, 0.25) is 0 Å². The minimum atomic E-state index is -0.0223. The van der Waals surface area contributed by atoms with Gasteiger partial charge in [0.1, 0.15) is 5.82 Å². The second-order valence-electron chi connectivity index (χ2n) is 5.00. The number of nitrogens with two attached hydrogens (primary N) is 1. The van der Waals surface area contributed by atoms with Crippen molar-refractivity contribution in [2.45, 2.75) is 26.3 Å². The quantitative estimate of drug-likeness (QED) is 0.910. The van der Waals surface area contributed by atoms with E-state index in [-0.39, 0.29) is 5.91 Å². The van der Waals surface area contributed by atoms with Crippen molar-refractivity contribution in [3.05, 3.63) is 22.3 Å². The average molecular weight is 341 g/mol. The first-order chi connectivity index (χ1) is 9.56. The third-order valence-corrected chi connectivity index (χ3v) is 4.33. The summed E-state index contributed by atoms with van der Waals surface area (Å²) in [5.41, 5.74) is 6.30. The molecule has 1 aromatic heterocycles. The van der Waals surface area contributed by atoms with Crippen LogP contribution in [0.3, 0.4) is 0 Å². The summed E-state index contributed by atoms with van der Waals surface area (Å²) in [6, 6.07) is 2.20. The molecule has 5 nitrogen and oxygen atoms in total. The summed E-state index contributed by atoms with van der Waals surface area (Å²) in [4.78, 5) is 20.8. The summed E-state index contributed by atoms with van der Waals surface area (Å²) in [6.45, 7) is 7.90. The molecule has 6 heteroatoms. The summed E-state index contributed by atoms with van der Waals surface area (Å²) in [6.07, 6.45) is 2.63. The number of nitrogen functional groups attached to an aromatic ring is 1. The van der Waals surface area contributed by atoms with Crippen LogP contribution in [-0.4, -0.2) is 52.9 Å². The van der Waals surface area contributed by atoms with E-state index in [0.717, 1.165) is 37.1 Å². The van der Waals surface area contributed by atoms with Crippen LogP contribution in [0, 0.1) is 0 Å². The number of amides is 1. The molecule has 0 bridgehead atoms. The van der Waals surface area contributed by atoms with Crippen LogP contribution < -0.4 is 5.73 Å². The van der Waals surface area contributed by atoms with Gasteiger partial charge in [0.25, 0.3) is 5.91 Å². The number of hydrogen-bond acceptors (Lipinski definition) is 4. The van der Waals surface area contributed by atoms with Crippen molar-refractivity contribution in [3.8, 4) is 0 Å². The molecule has 0 spiro atoms. The molecule has 20 heavy (non-hydrogen) atoms. The maximum absolute atomic E-state index is 12.5. The number of hydrogen-bond donors (Lipinski definition) is 1. The number of halogens is 1. The lowest BCUT2D eigenvalue weighted by Crippen LogP contribution is -2.38. The molecule has 1 amide bonds. The molecule has 0 aliphatic carbocycles. The Morgan fingerprint density at radius 2 is 2.25 bits per heavy atom. The molecular formula is C14H21BrN4O. The number of carbonyl (C=O) groups is 1. The maximum Gasteiger partial charge on any atom is 0.257 e. The molecule has 1 aromatic rings. The summed E-state index contributed by atoms with van der Waals surface area (Å²) >= 11 is 3.33. The van der Waals surface area contributed by atoms with Gasteiger partial charge in [-0.05, 0) is 41.5 Å². The largest absolute Gasteiger partial charge is 0.383 e. The number of likely N-dealkylation sites (tertiary alicyclic amines) is 1. The first-order valence-electron chi connectivity index (χ1n) is 7.01. The summed E-state index contributed by atoms with van der Waals surface area (Å²) in [7, 11) is 0. The molecule has 1 saturated heterocycles. The summed E-state index contributed by atoms with van der Waals surface area (Å²) < 4.78 is 0.773. The van der Waals surface area contributed by atoms with Gasteiger partial charge in [-0.25, -0.2) is 4.98 Å². The molecule has 110 valence electrons. The Balaban J connectivity index is 2.10. The van der Waals surface area contributed by atoms with Gasteiger partial charge >= 0.3 is 0 Å².